The first-order valence-corrected chi connectivity index (χ1v) is 8.98. The zero-order chi connectivity index (χ0) is 19.8. The normalized spacial score (nSPS) is 11.3. The van der Waals surface area contributed by atoms with E-state index in [0.717, 1.165) is 4.70 Å². The number of nitrogens with one attached hydrogen (secondary N) is 3. The Labute approximate surface area is 160 Å². The summed E-state index contributed by atoms with van der Waals surface area (Å²) in [5.41, 5.74) is 2.32. The Hall–Kier alpha value is -3.40. The second-order valence-electron chi connectivity index (χ2n) is 5.99. The number of carbonyl (C=O) groups is 2. The SMILES string of the molecule is CC(=O)Nc1ccc2nc(NC(=O)c3ccc4nc(C(F)F)[nH]c4c3)sc2c1. The molecule has 0 saturated carbocycles. The van der Waals surface area contributed by atoms with E-state index in [2.05, 4.69) is 25.6 Å². The number of hydrogen-bond acceptors (Lipinski definition) is 5. The third kappa shape index (κ3) is 3.54. The molecule has 0 spiro atoms. The first-order valence-electron chi connectivity index (χ1n) is 8.16. The van der Waals surface area contributed by atoms with Crippen LogP contribution in [0.2, 0.25) is 0 Å². The highest BCUT2D eigenvalue weighted by Crippen LogP contribution is 2.29. The van der Waals surface area contributed by atoms with Crippen LogP contribution in [-0.2, 0) is 4.79 Å². The molecule has 2 amide bonds. The minimum Gasteiger partial charge on any atom is -0.337 e. The summed E-state index contributed by atoms with van der Waals surface area (Å²) in [6, 6.07) is 9.72. The summed E-state index contributed by atoms with van der Waals surface area (Å²) in [4.78, 5) is 34.3. The summed E-state index contributed by atoms with van der Waals surface area (Å²) in [6.07, 6.45) is -2.71. The van der Waals surface area contributed by atoms with Crippen molar-refractivity contribution in [3.05, 3.63) is 47.8 Å². The lowest BCUT2D eigenvalue weighted by atomic mass is 10.2. The van der Waals surface area contributed by atoms with Gasteiger partial charge >= 0.3 is 0 Å². The molecule has 0 bridgehead atoms. The third-order valence-corrected chi connectivity index (χ3v) is 4.83. The Morgan fingerprint density at radius 3 is 2.61 bits per heavy atom. The van der Waals surface area contributed by atoms with Crippen LogP contribution in [-0.4, -0.2) is 26.8 Å². The average molecular weight is 401 g/mol. The van der Waals surface area contributed by atoms with Gasteiger partial charge in [0, 0.05) is 18.2 Å². The second-order valence-corrected chi connectivity index (χ2v) is 7.02. The highest BCUT2D eigenvalue weighted by molar-refractivity contribution is 7.22. The number of hydrogen-bond donors (Lipinski definition) is 3. The van der Waals surface area contributed by atoms with Gasteiger partial charge < -0.3 is 10.3 Å². The van der Waals surface area contributed by atoms with Gasteiger partial charge in [-0.2, -0.15) is 0 Å². The number of nitrogens with zero attached hydrogens (tertiary/aromatic N) is 2. The van der Waals surface area contributed by atoms with Crippen LogP contribution in [0.25, 0.3) is 21.3 Å². The van der Waals surface area contributed by atoms with Crippen molar-refractivity contribution in [2.75, 3.05) is 10.6 Å². The number of amides is 2. The lowest BCUT2D eigenvalue weighted by molar-refractivity contribution is -0.114. The monoisotopic (exact) mass is 401 g/mol. The van der Waals surface area contributed by atoms with Gasteiger partial charge in [-0.1, -0.05) is 11.3 Å². The van der Waals surface area contributed by atoms with E-state index >= 15 is 0 Å². The quantitative estimate of drug-likeness (QED) is 0.474. The molecule has 0 atom stereocenters. The molecule has 7 nitrogen and oxygen atoms in total. The molecule has 4 rings (SSSR count). The molecule has 0 unspecified atom stereocenters. The molecule has 0 fully saturated rings. The van der Waals surface area contributed by atoms with Gasteiger partial charge in [0.05, 0.1) is 21.3 Å². The zero-order valence-electron chi connectivity index (χ0n) is 14.4. The lowest BCUT2D eigenvalue weighted by Crippen LogP contribution is -2.11. The third-order valence-electron chi connectivity index (χ3n) is 3.90. The summed E-state index contributed by atoms with van der Waals surface area (Å²) < 4.78 is 26.3. The number of thiazole rings is 1. The maximum absolute atomic E-state index is 12.7. The predicted molar refractivity (Wildman–Crippen MR) is 103 cm³/mol. The molecule has 0 saturated heterocycles. The van der Waals surface area contributed by atoms with Crippen LogP contribution in [0.3, 0.4) is 0 Å². The fourth-order valence-corrected chi connectivity index (χ4v) is 3.60. The fourth-order valence-electron chi connectivity index (χ4n) is 2.70. The van der Waals surface area contributed by atoms with E-state index in [-0.39, 0.29) is 11.5 Å². The van der Waals surface area contributed by atoms with Gasteiger partial charge in [-0.3, -0.25) is 14.9 Å². The standard InChI is InChI=1S/C18H13F2N5O2S/c1-8(26)21-10-3-5-12-14(7-10)28-18(24-12)25-17(27)9-2-4-11-13(6-9)23-16(22-11)15(19)20/h2-7,15H,1H3,(H,21,26)(H,22,23)(H,24,25,27). The predicted octanol–water partition coefficient (Wildman–Crippen LogP) is 4.32. The molecule has 142 valence electrons. The zero-order valence-corrected chi connectivity index (χ0v) is 15.2. The molecule has 2 aromatic carbocycles. The van der Waals surface area contributed by atoms with Gasteiger partial charge in [0.25, 0.3) is 12.3 Å². The molecular weight excluding hydrogens is 388 g/mol. The van der Waals surface area contributed by atoms with Crippen molar-refractivity contribution in [3.63, 3.8) is 0 Å². The Balaban J connectivity index is 1.57. The Morgan fingerprint density at radius 2 is 1.86 bits per heavy atom. The van der Waals surface area contributed by atoms with Crippen LogP contribution in [0.1, 0.15) is 29.5 Å². The van der Waals surface area contributed by atoms with Gasteiger partial charge in [0.2, 0.25) is 5.91 Å². The second kappa shape index (κ2) is 6.97. The largest absolute Gasteiger partial charge is 0.337 e. The fraction of sp³-hybridized carbons (Fsp3) is 0.111. The first kappa shape index (κ1) is 18.0. The van der Waals surface area contributed by atoms with E-state index in [1.165, 1.54) is 36.5 Å². The van der Waals surface area contributed by atoms with Crippen molar-refractivity contribution < 1.29 is 18.4 Å². The minimum atomic E-state index is -2.71. The van der Waals surface area contributed by atoms with Gasteiger partial charge in [-0.25, -0.2) is 18.7 Å². The number of benzene rings is 2. The van der Waals surface area contributed by atoms with Crippen molar-refractivity contribution >= 4 is 55.2 Å². The molecule has 4 aromatic rings. The molecule has 0 aliphatic rings. The van der Waals surface area contributed by atoms with E-state index in [1.54, 1.807) is 18.2 Å². The number of alkyl halides is 2. The maximum atomic E-state index is 12.7. The van der Waals surface area contributed by atoms with Gasteiger partial charge in [-0.05, 0) is 36.4 Å². The van der Waals surface area contributed by atoms with Crippen LogP contribution in [0, 0.1) is 0 Å². The molecule has 2 heterocycles. The molecule has 2 aromatic heterocycles. The van der Waals surface area contributed by atoms with E-state index < -0.39 is 18.2 Å². The Bertz CT molecular complexity index is 1220. The van der Waals surface area contributed by atoms with E-state index in [9.17, 15) is 18.4 Å². The number of halogens is 2. The number of carbonyl (C=O) groups excluding carboxylic acids is 2. The first-order chi connectivity index (χ1) is 13.4. The summed E-state index contributed by atoms with van der Waals surface area (Å²) in [7, 11) is 0. The topological polar surface area (TPSA) is 99.8 Å². The number of H-pyrrole nitrogens is 1. The Kier molecular flexibility index (Phi) is 4.47. The van der Waals surface area contributed by atoms with Gasteiger partial charge in [-0.15, -0.1) is 0 Å². The Morgan fingerprint density at radius 1 is 1.07 bits per heavy atom. The van der Waals surface area contributed by atoms with Crippen molar-refractivity contribution in [2.45, 2.75) is 13.3 Å². The summed E-state index contributed by atoms with van der Waals surface area (Å²) >= 11 is 1.26. The highest BCUT2D eigenvalue weighted by atomic mass is 32.1. The number of aromatic nitrogens is 3. The van der Waals surface area contributed by atoms with E-state index in [0.29, 0.717) is 27.4 Å². The number of rotatable bonds is 4. The van der Waals surface area contributed by atoms with Crippen molar-refractivity contribution in [1.29, 1.82) is 0 Å². The maximum Gasteiger partial charge on any atom is 0.295 e. The van der Waals surface area contributed by atoms with E-state index in [1.807, 2.05) is 0 Å². The number of fused-ring (bicyclic) bond motifs is 2. The van der Waals surface area contributed by atoms with Crippen LogP contribution >= 0.6 is 11.3 Å². The summed E-state index contributed by atoms with van der Waals surface area (Å²) in [5, 5.41) is 5.78. The van der Waals surface area contributed by atoms with Crippen LogP contribution in [0.5, 0.6) is 0 Å². The molecule has 0 aliphatic carbocycles. The van der Waals surface area contributed by atoms with Crippen LogP contribution in [0.4, 0.5) is 19.6 Å². The number of anilines is 2. The van der Waals surface area contributed by atoms with E-state index in [4.69, 9.17) is 0 Å². The van der Waals surface area contributed by atoms with Gasteiger partial charge in [0.15, 0.2) is 11.0 Å². The van der Waals surface area contributed by atoms with Crippen molar-refractivity contribution in [2.24, 2.45) is 0 Å². The lowest BCUT2D eigenvalue weighted by Gasteiger charge is -2.01. The van der Waals surface area contributed by atoms with Crippen LogP contribution in [0.15, 0.2) is 36.4 Å². The van der Waals surface area contributed by atoms with Crippen LogP contribution < -0.4 is 10.6 Å². The molecule has 10 heteroatoms. The molecule has 28 heavy (non-hydrogen) atoms. The van der Waals surface area contributed by atoms with Crippen molar-refractivity contribution in [1.82, 2.24) is 15.0 Å². The highest BCUT2D eigenvalue weighted by Gasteiger charge is 2.15. The summed E-state index contributed by atoms with van der Waals surface area (Å²) in [5.74, 6) is -1.04. The summed E-state index contributed by atoms with van der Waals surface area (Å²) in [6.45, 7) is 1.42. The molecule has 3 N–H and O–H groups in total. The van der Waals surface area contributed by atoms with Gasteiger partial charge in [0.1, 0.15) is 0 Å². The van der Waals surface area contributed by atoms with Crippen molar-refractivity contribution in [3.8, 4) is 0 Å². The average Bonchev–Trinajstić information content (AvgIpc) is 3.23. The molecule has 0 aliphatic heterocycles. The smallest absolute Gasteiger partial charge is 0.295 e. The minimum absolute atomic E-state index is 0.179. The molecule has 0 radical (unpaired) electrons. The number of aromatic amines is 1. The number of imidazole rings is 1. The molecular formula is C18H13F2N5O2S.